The highest BCUT2D eigenvalue weighted by atomic mass is 35.5. The summed E-state index contributed by atoms with van der Waals surface area (Å²) in [5, 5.41) is 10.3. The number of aromatic amines is 1. The van der Waals surface area contributed by atoms with Crippen LogP contribution in [0.2, 0.25) is 5.15 Å². The molecule has 0 fully saturated rings. The quantitative estimate of drug-likeness (QED) is 0.591. The largest absolute Gasteiger partial charge is 0.506 e. The van der Waals surface area contributed by atoms with Gasteiger partial charge >= 0.3 is 0 Å². The SMILES string of the molecule is Oc1c[nH]c2c(Cl)nccc12. The van der Waals surface area contributed by atoms with Gasteiger partial charge in [-0.2, -0.15) is 0 Å². The van der Waals surface area contributed by atoms with E-state index in [4.69, 9.17) is 11.6 Å². The zero-order valence-corrected chi connectivity index (χ0v) is 6.26. The van der Waals surface area contributed by atoms with Crippen LogP contribution in [0.25, 0.3) is 10.9 Å². The van der Waals surface area contributed by atoms with E-state index in [2.05, 4.69) is 9.97 Å². The summed E-state index contributed by atoms with van der Waals surface area (Å²) in [6, 6.07) is 1.70. The Morgan fingerprint density at radius 3 is 3.09 bits per heavy atom. The van der Waals surface area contributed by atoms with Gasteiger partial charge in [-0.05, 0) is 6.07 Å². The molecule has 0 aliphatic heterocycles. The molecule has 2 heterocycles. The summed E-state index contributed by atoms with van der Waals surface area (Å²) in [7, 11) is 0. The van der Waals surface area contributed by atoms with Gasteiger partial charge < -0.3 is 10.1 Å². The van der Waals surface area contributed by atoms with Crippen molar-refractivity contribution in [1.82, 2.24) is 9.97 Å². The van der Waals surface area contributed by atoms with Gasteiger partial charge in [-0.25, -0.2) is 4.98 Å². The first kappa shape index (κ1) is 6.49. The topological polar surface area (TPSA) is 48.9 Å². The van der Waals surface area contributed by atoms with Crippen LogP contribution in [0.3, 0.4) is 0 Å². The van der Waals surface area contributed by atoms with E-state index in [-0.39, 0.29) is 5.75 Å². The first-order chi connectivity index (χ1) is 5.29. The fourth-order valence-electron chi connectivity index (χ4n) is 1.01. The predicted octanol–water partition coefficient (Wildman–Crippen LogP) is 1.92. The van der Waals surface area contributed by atoms with Crippen LogP contribution in [0.15, 0.2) is 18.5 Å². The number of aromatic hydroxyl groups is 1. The Labute approximate surface area is 67.6 Å². The number of fused-ring (bicyclic) bond motifs is 1. The molecule has 4 heteroatoms. The molecule has 0 amide bonds. The van der Waals surface area contributed by atoms with E-state index >= 15 is 0 Å². The molecule has 0 radical (unpaired) electrons. The Kier molecular flexibility index (Phi) is 1.26. The van der Waals surface area contributed by atoms with Crippen LogP contribution in [-0.4, -0.2) is 15.1 Å². The van der Waals surface area contributed by atoms with Gasteiger partial charge in [-0.15, -0.1) is 0 Å². The van der Waals surface area contributed by atoms with Crippen molar-refractivity contribution in [2.24, 2.45) is 0 Å². The molecule has 0 aliphatic carbocycles. The van der Waals surface area contributed by atoms with Crippen molar-refractivity contribution in [1.29, 1.82) is 0 Å². The first-order valence-electron chi connectivity index (χ1n) is 3.09. The number of nitrogens with zero attached hydrogens (tertiary/aromatic N) is 1. The summed E-state index contributed by atoms with van der Waals surface area (Å²) >= 11 is 5.72. The standard InChI is InChI=1S/C7H5ClN2O/c8-7-6-4(1-2-9-7)5(11)3-10-6/h1-3,10-11H. The second kappa shape index (κ2) is 2.13. The van der Waals surface area contributed by atoms with Crippen molar-refractivity contribution in [3.63, 3.8) is 0 Å². The number of hydrogen-bond acceptors (Lipinski definition) is 2. The summed E-state index contributed by atoms with van der Waals surface area (Å²) < 4.78 is 0. The fraction of sp³-hybridized carbons (Fsp3) is 0. The average molecular weight is 169 g/mol. The number of nitrogens with one attached hydrogen (secondary N) is 1. The molecule has 2 rings (SSSR count). The molecule has 0 spiro atoms. The summed E-state index contributed by atoms with van der Waals surface area (Å²) in [6.07, 6.45) is 3.04. The van der Waals surface area contributed by atoms with Crippen LogP contribution < -0.4 is 0 Å². The van der Waals surface area contributed by atoms with E-state index in [1.807, 2.05) is 0 Å². The van der Waals surface area contributed by atoms with Crippen molar-refractivity contribution in [3.05, 3.63) is 23.6 Å². The zero-order valence-electron chi connectivity index (χ0n) is 5.50. The first-order valence-corrected chi connectivity index (χ1v) is 3.47. The third kappa shape index (κ3) is 0.851. The Morgan fingerprint density at radius 2 is 2.36 bits per heavy atom. The highest BCUT2D eigenvalue weighted by Crippen LogP contribution is 2.26. The van der Waals surface area contributed by atoms with Crippen molar-refractivity contribution in [3.8, 4) is 5.75 Å². The van der Waals surface area contributed by atoms with Crippen molar-refractivity contribution in [2.45, 2.75) is 0 Å². The van der Waals surface area contributed by atoms with E-state index in [1.54, 1.807) is 12.3 Å². The van der Waals surface area contributed by atoms with E-state index < -0.39 is 0 Å². The molecule has 0 atom stereocenters. The Hall–Kier alpha value is -1.22. The summed E-state index contributed by atoms with van der Waals surface area (Å²) in [5.41, 5.74) is 0.673. The predicted molar refractivity (Wildman–Crippen MR) is 42.8 cm³/mol. The van der Waals surface area contributed by atoms with Gasteiger partial charge in [-0.1, -0.05) is 11.6 Å². The maximum atomic E-state index is 9.22. The lowest BCUT2D eigenvalue weighted by atomic mass is 10.3. The van der Waals surface area contributed by atoms with Gasteiger partial charge in [0.05, 0.1) is 5.52 Å². The molecule has 0 saturated heterocycles. The number of hydrogen-bond donors (Lipinski definition) is 2. The maximum Gasteiger partial charge on any atom is 0.153 e. The van der Waals surface area contributed by atoms with Crippen LogP contribution in [0.5, 0.6) is 5.75 Å². The lowest BCUT2D eigenvalue weighted by Crippen LogP contribution is -1.74. The second-order valence-electron chi connectivity index (χ2n) is 2.20. The minimum atomic E-state index is 0.198. The molecular weight excluding hydrogens is 164 g/mol. The van der Waals surface area contributed by atoms with Crippen molar-refractivity contribution < 1.29 is 5.11 Å². The minimum absolute atomic E-state index is 0.198. The molecule has 0 aromatic carbocycles. The zero-order chi connectivity index (χ0) is 7.84. The van der Waals surface area contributed by atoms with Crippen LogP contribution in [-0.2, 0) is 0 Å². The van der Waals surface area contributed by atoms with Crippen molar-refractivity contribution in [2.75, 3.05) is 0 Å². The number of H-pyrrole nitrogens is 1. The molecular formula is C7H5ClN2O. The van der Waals surface area contributed by atoms with Gasteiger partial charge in [0.2, 0.25) is 0 Å². The van der Waals surface area contributed by atoms with E-state index in [0.29, 0.717) is 16.1 Å². The molecule has 2 aromatic rings. The van der Waals surface area contributed by atoms with Crippen molar-refractivity contribution >= 4 is 22.5 Å². The molecule has 11 heavy (non-hydrogen) atoms. The highest BCUT2D eigenvalue weighted by molar-refractivity contribution is 6.33. The molecule has 0 saturated carbocycles. The van der Waals surface area contributed by atoms with Gasteiger partial charge in [0, 0.05) is 17.8 Å². The van der Waals surface area contributed by atoms with Gasteiger partial charge in [0.25, 0.3) is 0 Å². The van der Waals surface area contributed by atoms with E-state index in [0.717, 1.165) is 0 Å². The molecule has 2 aromatic heterocycles. The lowest BCUT2D eigenvalue weighted by Gasteiger charge is -1.90. The van der Waals surface area contributed by atoms with E-state index in [1.165, 1.54) is 6.20 Å². The Balaban J connectivity index is 2.94. The molecule has 0 aliphatic rings. The third-order valence-electron chi connectivity index (χ3n) is 1.53. The number of rotatable bonds is 0. The molecule has 3 nitrogen and oxygen atoms in total. The normalized spacial score (nSPS) is 10.6. The van der Waals surface area contributed by atoms with Crippen LogP contribution in [0.4, 0.5) is 0 Å². The number of pyridine rings is 1. The highest BCUT2D eigenvalue weighted by Gasteiger charge is 2.04. The molecule has 2 N–H and O–H groups in total. The minimum Gasteiger partial charge on any atom is -0.506 e. The van der Waals surface area contributed by atoms with Crippen LogP contribution in [0.1, 0.15) is 0 Å². The second-order valence-corrected chi connectivity index (χ2v) is 2.56. The monoisotopic (exact) mass is 168 g/mol. The summed E-state index contributed by atoms with van der Waals surface area (Å²) in [6.45, 7) is 0. The van der Waals surface area contributed by atoms with Gasteiger partial charge in [0.15, 0.2) is 5.15 Å². The van der Waals surface area contributed by atoms with Crippen LogP contribution >= 0.6 is 11.6 Å². The fourth-order valence-corrected chi connectivity index (χ4v) is 1.22. The lowest BCUT2D eigenvalue weighted by molar-refractivity contribution is 0.481. The third-order valence-corrected chi connectivity index (χ3v) is 1.82. The molecule has 56 valence electrons. The Bertz CT molecular complexity index is 396. The summed E-state index contributed by atoms with van der Waals surface area (Å²) in [4.78, 5) is 6.66. The molecule has 0 bridgehead atoms. The Morgan fingerprint density at radius 1 is 1.55 bits per heavy atom. The number of halogens is 1. The maximum absolute atomic E-state index is 9.22. The van der Waals surface area contributed by atoms with Gasteiger partial charge in [0.1, 0.15) is 5.75 Å². The molecule has 0 unspecified atom stereocenters. The van der Waals surface area contributed by atoms with Crippen LogP contribution in [0, 0.1) is 0 Å². The smallest absolute Gasteiger partial charge is 0.153 e. The number of aromatic nitrogens is 2. The van der Waals surface area contributed by atoms with Gasteiger partial charge in [-0.3, -0.25) is 0 Å². The average Bonchev–Trinajstić information content (AvgIpc) is 2.35. The summed E-state index contributed by atoms with van der Waals surface area (Å²) in [5.74, 6) is 0.198. The van der Waals surface area contributed by atoms with E-state index in [9.17, 15) is 5.11 Å².